The summed E-state index contributed by atoms with van der Waals surface area (Å²) in [6.07, 6.45) is 2.51. The maximum atomic E-state index is 11.8. The maximum absolute atomic E-state index is 11.8. The summed E-state index contributed by atoms with van der Waals surface area (Å²) in [5, 5.41) is 18.3. The summed E-state index contributed by atoms with van der Waals surface area (Å²) in [5.74, 6) is 0.627. The average Bonchev–Trinajstić information content (AvgIpc) is 2.26. The molecular formula is C12H15NO4. The quantitative estimate of drug-likeness (QED) is 0.771. The maximum Gasteiger partial charge on any atom is 0.192 e. The SMILES string of the molecule is COC1=Cc2c1n(CC(O)CO)cc(C)c2=O. The lowest BCUT2D eigenvalue weighted by Gasteiger charge is -2.25. The molecule has 0 fully saturated rings. The summed E-state index contributed by atoms with van der Waals surface area (Å²) in [6, 6.07) is 0. The van der Waals surface area contributed by atoms with E-state index >= 15 is 0 Å². The van der Waals surface area contributed by atoms with Gasteiger partial charge in [-0.2, -0.15) is 0 Å². The summed E-state index contributed by atoms with van der Waals surface area (Å²) in [4.78, 5) is 11.8. The summed E-state index contributed by atoms with van der Waals surface area (Å²) in [6.45, 7) is 1.65. The van der Waals surface area contributed by atoms with E-state index in [1.165, 1.54) is 7.11 Å². The third-order valence-electron chi connectivity index (χ3n) is 2.84. The number of ether oxygens (including phenoxy) is 1. The molecule has 2 rings (SSSR count). The lowest BCUT2D eigenvalue weighted by atomic mass is 9.98. The molecule has 0 aromatic carbocycles. The van der Waals surface area contributed by atoms with Crippen molar-refractivity contribution in [2.45, 2.75) is 19.6 Å². The number of aliphatic hydroxyl groups excluding tert-OH is 2. The zero-order valence-corrected chi connectivity index (χ0v) is 9.80. The molecule has 0 amide bonds. The van der Waals surface area contributed by atoms with Crippen LogP contribution in [0, 0.1) is 6.92 Å². The zero-order chi connectivity index (χ0) is 12.6. The van der Waals surface area contributed by atoms with E-state index in [4.69, 9.17) is 9.84 Å². The molecule has 92 valence electrons. The van der Waals surface area contributed by atoms with E-state index in [0.29, 0.717) is 22.6 Å². The average molecular weight is 237 g/mol. The number of aliphatic hydroxyl groups is 2. The van der Waals surface area contributed by atoms with E-state index < -0.39 is 6.10 Å². The number of hydrogen-bond donors (Lipinski definition) is 2. The third-order valence-corrected chi connectivity index (χ3v) is 2.84. The van der Waals surface area contributed by atoms with Gasteiger partial charge in [-0.05, 0) is 13.0 Å². The van der Waals surface area contributed by atoms with Gasteiger partial charge in [0.25, 0.3) is 0 Å². The number of aromatic nitrogens is 1. The van der Waals surface area contributed by atoms with Crippen LogP contribution in [0.5, 0.6) is 0 Å². The van der Waals surface area contributed by atoms with Crippen molar-refractivity contribution in [3.8, 4) is 0 Å². The highest BCUT2D eigenvalue weighted by Gasteiger charge is 2.25. The van der Waals surface area contributed by atoms with Gasteiger partial charge in [-0.1, -0.05) is 0 Å². The second-order valence-electron chi connectivity index (χ2n) is 4.10. The Morgan fingerprint density at radius 3 is 2.82 bits per heavy atom. The van der Waals surface area contributed by atoms with Gasteiger partial charge in [0.1, 0.15) is 5.76 Å². The fraction of sp³-hybridized carbons (Fsp3) is 0.417. The number of aryl methyl sites for hydroxylation is 1. The van der Waals surface area contributed by atoms with Crippen molar-refractivity contribution in [3.05, 3.63) is 33.2 Å². The molecule has 1 unspecified atom stereocenters. The fourth-order valence-corrected chi connectivity index (χ4v) is 1.95. The normalized spacial score (nSPS) is 14.7. The van der Waals surface area contributed by atoms with Gasteiger partial charge in [-0.15, -0.1) is 0 Å². The predicted molar refractivity (Wildman–Crippen MR) is 63.4 cm³/mol. The van der Waals surface area contributed by atoms with Crippen molar-refractivity contribution in [2.75, 3.05) is 13.7 Å². The highest BCUT2D eigenvalue weighted by atomic mass is 16.5. The summed E-state index contributed by atoms with van der Waals surface area (Å²) in [7, 11) is 1.53. The molecule has 0 bridgehead atoms. The molecule has 0 radical (unpaired) electrons. The Bertz CT molecular complexity index is 530. The molecule has 1 atom stereocenters. The summed E-state index contributed by atoms with van der Waals surface area (Å²) >= 11 is 0. The van der Waals surface area contributed by atoms with Crippen molar-refractivity contribution in [1.82, 2.24) is 4.57 Å². The van der Waals surface area contributed by atoms with Crippen LogP contribution in [0.3, 0.4) is 0 Å². The molecule has 1 aliphatic rings. The largest absolute Gasteiger partial charge is 0.495 e. The van der Waals surface area contributed by atoms with E-state index in [1.54, 1.807) is 23.8 Å². The smallest absolute Gasteiger partial charge is 0.192 e. The minimum atomic E-state index is -0.847. The van der Waals surface area contributed by atoms with Crippen molar-refractivity contribution in [3.63, 3.8) is 0 Å². The van der Waals surface area contributed by atoms with E-state index in [9.17, 15) is 9.90 Å². The Balaban J connectivity index is 2.45. The monoisotopic (exact) mass is 237 g/mol. The topological polar surface area (TPSA) is 71.7 Å². The summed E-state index contributed by atoms with van der Waals surface area (Å²) in [5.41, 5.74) is 1.89. The van der Waals surface area contributed by atoms with Crippen LogP contribution in [0.1, 0.15) is 16.8 Å². The van der Waals surface area contributed by atoms with Crippen LogP contribution in [0.4, 0.5) is 0 Å². The first-order valence-corrected chi connectivity index (χ1v) is 5.37. The minimum Gasteiger partial charge on any atom is -0.495 e. The highest BCUT2D eigenvalue weighted by molar-refractivity contribution is 5.90. The molecule has 5 nitrogen and oxygen atoms in total. The molecule has 0 aliphatic heterocycles. The van der Waals surface area contributed by atoms with Gasteiger partial charge in [0.15, 0.2) is 5.43 Å². The highest BCUT2D eigenvalue weighted by Crippen LogP contribution is 2.30. The van der Waals surface area contributed by atoms with E-state index in [0.717, 1.165) is 0 Å². The number of fused-ring (bicyclic) bond motifs is 1. The first-order chi connectivity index (χ1) is 8.08. The predicted octanol–water partition coefficient (Wildman–Crippen LogP) is -0.0322. The number of nitrogens with zero attached hydrogens (tertiary/aromatic N) is 1. The van der Waals surface area contributed by atoms with Crippen molar-refractivity contribution in [1.29, 1.82) is 0 Å². The Kier molecular flexibility index (Phi) is 3.04. The minimum absolute atomic E-state index is 0.0180. The van der Waals surface area contributed by atoms with Gasteiger partial charge in [-0.3, -0.25) is 4.79 Å². The van der Waals surface area contributed by atoms with Crippen LogP contribution in [-0.2, 0) is 11.3 Å². The number of hydrogen-bond acceptors (Lipinski definition) is 4. The molecule has 1 aromatic rings. The number of rotatable bonds is 4. The van der Waals surface area contributed by atoms with Gasteiger partial charge in [-0.25, -0.2) is 0 Å². The molecule has 2 N–H and O–H groups in total. The van der Waals surface area contributed by atoms with Crippen molar-refractivity contribution < 1.29 is 14.9 Å². The first kappa shape index (κ1) is 11.9. The van der Waals surface area contributed by atoms with Crippen LogP contribution >= 0.6 is 0 Å². The van der Waals surface area contributed by atoms with Crippen molar-refractivity contribution >= 4 is 11.8 Å². The number of pyridine rings is 1. The Morgan fingerprint density at radius 2 is 2.24 bits per heavy atom. The Labute approximate surface area is 98.6 Å². The molecule has 1 aromatic heterocycles. The number of methoxy groups -OCH3 is 1. The van der Waals surface area contributed by atoms with Crippen LogP contribution in [0.2, 0.25) is 0 Å². The lowest BCUT2D eigenvalue weighted by molar-refractivity contribution is 0.0805. The van der Waals surface area contributed by atoms with Gasteiger partial charge < -0.3 is 19.5 Å². The fourth-order valence-electron chi connectivity index (χ4n) is 1.95. The molecule has 1 heterocycles. The second kappa shape index (κ2) is 4.35. The van der Waals surface area contributed by atoms with Crippen LogP contribution in [0.15, 0.2) is 11.0 Å². The molecule has 1 aliphatic carbocycles. The third kappa shape index (κ3) is 1.87. The van der Waals surface area contributed by atoms with Crippen LogP contribution < -0.4 is 5.43 Å². The van der Waals surface area contributed by atoms with Gasteiger partial charge in [0.2, 0.25) is 0 Å². The van der Waals surface area contributed by atoms with Gasteiger partial charge in [0, 0.05) is 11.8 Å². The molecule has 17 heavy (non-hydrogen) atoms. The van der Waals surface area contributed by atoms with E-state index in [1.807, 2.05) is 0 Å². The van der Waals surface area contributed by atoms with E-state index in [-0.39, 0.29) is 18.6 Å². The zero-order valence-electron chi connectivity index (χ0n) is 9.80. The van der Waals surface area contributed by atoms with E-state index in [2.05, 4.69) is 0 Å². The molecule has 5 heteroatoms. The Hall–Kier alpha value is -1.59. The summed E-state index contributed by atoms with van der Waals surface area (Å²) < 4.78 is 6.86. The standard InChI is InChI=1S/C12H15NO4/c1-7-4-13(5-8(15)6-14)11-9(12(7)16)3-10(11)17-2/h3-4,8,14-15H,5-6H2,1-2H3. The molecule has 0 saturated heterocycles. The Morgan fingerprint density at radius 1 is 1.53 bits per heavy atom. The first-order valence-electron chi connectivity index (χ1n) is 5.37. The lowest BCUT2D eigenvalue weighted by Crippen LogP contribution is -2.28. The van der Waals surface area contributed by atoms with Gasteiger partial charge in [0.05, 0.1) is 37.6 Å². The van der Waals surface area contributed by atoms with Crippen LogP contribution in [-0.4, -0.2) is 34.6 Å². The molecule has 0 spiro atoms. The van der Waals surface area contributed by atoms with Gasteiger partial charge >= 0.3 is 0 Å². The molecular weight excluding hydrogens is 222 g/mol. The van der Waals surface area contributed by atoms with Crippen molar-refractivity contribution in [2.24, 2.45) is 0 Å². The van der Waals surface area contributed by atoms with Crippen LogP contribution in [0.25, 0.3) is 11.8 Å². The molecule has 0 saturated carbocycles. The second-order valence-corrected chi connectivity index (χ2v) is 4.10.